The molecule has 6 rings (SSSR count). The van der Waals surface area contributed by atoms with Gasteiger partial charge in [0.1, 0.15) is 0 Å². The summed E-state index contributed by atoms with van der Waals surface area (Å²) >= 11 is 6.05. The number of allylic oxidation sites excluding steroid dienone is 1. The van der Waals surface area contributed by atoms with Gasteiger partial charge in [-0.05, 0) is 283 Å². The molecule has 1 unspecified atom stereocenters. The quantitative estimate of drug-likeness (QED) is 0.103. The molecular formula is C104H204ClN3. The fourth-order valence-corrected chi connectivity index (χ4v) is 15.7. The third-order valence-electron chi connectivity index (χ3n) is 21.3. The third kappa shape index (κ3) is 78.2. The average Bonchev–Trinajstić information content (AvgIpc) is 1.23. The SMILES string of the molecule is C=CCCC(C)(C)C.CC(C)(C)CC1CCCC1.CC(C)(C)CC1CCCCC1.CC(C)(C)CC1CCCCCC1.CC(C)(C)CCCc1ccccc1.CC(C)(C)CCc1ccccc1Cl.CC(C)(C)N1CCCCCC1.CCC(C)CC(C)(C)C.CCCN(CC)C(C)(C)C.CCCN(CCC)C(C)(C)C. The first-order chi connectivity index (χ1) is 49.5. The summed E-state index contributed by atoms with van der Waals surface area (Å²) in [4.78, 5) is 7.65. The van der Waals surface area contributed by atoms with Crippen molar-refractivity contribution in [3.05, 3.63) is 83.4 Å². The normalized spacial score (nSPS) is 16.5. The number of rotatable bonds is 19. The van der Waals surface area contributed by atoms with Crippen LogP contribution in [0.25, 0.3) is 0 Å². The molecule has 2 aromatic carbocycles. The summed E-state index contributed by atoms with van der Waals surface area (Å²) in [6.07, 6.45) is 49.2. The molecule has 0 radical (unpaired) electrons. The lowest BCUT2D eigenvalue weighted by molar-refractivity contribution is 0.137. The van der Waals surface area contributed by atoms with Crippen molar-refractivity contribution in [2.45, 2.75) is 484 Å². The van der Waals surface area contributed by atoms with Crippen LogP contribution >= 0.6 is 11.6 Å². The van der Waals surface area contributed by atoms with Gasteiger partial charge in [0.2, 0.25) is 0 Å². The van der Waals surface area contributed by atoms with Crippen molar-refractivity contribution in [3.63, 3.8) is 0 Å². The maximum absolute atomic E-state index is 6.05. The van der Waals surface area contributed by atoms with E-state index in [4.69, 9.17) is 11.6 Å². The number of likely N-dealkylation sites (tertiary alicyclic amines) is 1. The number of nitrogens with zero attached hydrogens (tertiary/aromatic N) is 3. The summed E-state index contributed by atoms with van der Waals surface area (Å²) in [5.41, 5.74) is 7.37. The molecule has 4 heteroatoms. The van der Waals surface area contributed by atoms with E-state index in [1.807, 2.05) is 24.3 Å². The van der Waals surface area contributed by atoms with E-state index in [0.717, 1.165) is 48.1 Å². The first-order valence-electron chi connectivity index (χ1n) is 46.1. The lowest BCUT2D eigenvalue weighted by Gasteiger charge is -2.35. The summed E-state index contributed by atoms with van der Waals surface area (Å²) in [7, 11) is 0. The number of halogens is 1. The Bertz CT molecular complexity index is 2260. The minimum absolute atomic E-state index is 0.352. The van der Waals surface area contributed by atoms with E-state index in [1.54, 1.807) is 0 Å². The molecule has 0 bridgehead atoms. The van der Waals surface area contributed by atoms with Gasteiger partial charge in [0, 0.05) is 21.6 Å². The van der Waals surface area contributed by atoms with Crippen LogP contribution in [-0.2, 0) is 12.8 Å². The highest BCUT2D eigenvalue weighted by Gasteiger charge is 2.25. The van der Waals surface area contributed by atoms with Gasteiger partial charge in [-0.2, -0.15) is 0 Å². The predicted octanol–water partition coefficient (Wildman–Crippen LogP) is 34.9. The van der Waals surface area contributed by atoms with Crippen LogP contribution in [0.1, 0.15) is 466 Å². The first kappa shape index (κ1) is 113. The van der Waals surface area contributed by atoms with Crippen molar-refractivity contribution >= 4 is 11.6 Å². The minimum atomic E-state index is 0.352. The van der Waals surface area contributed by atoms with Gasteiger partial charge in [-0.25, -0.2) is 0 Å². The van der Waals surface area contributed by atoms with Gasteiger partial charge in [-0.3, -0.25) is 14.7 Å². The monoisotopic (exact) mass is 1530 g/mol. The fourth-order valence-electron chi connectivity index (χ4n) is 15.5. The van der Waals surface area contributed by atoms with E-state index in [0.29, 0.717) is 54.5 Å². The second kappa shape index (κ2) is 59.9. The number of aryl methyl sites for hydroxylation is 2. The standard InChI is InChI=1S/C13H20.C12H17Cl.C12H24.C11H22.C10H21N.C10H23N.C10H20.C9H21N.C9H20.C8H16/c1-13(2,3)11-7-10-12-8-5-4-6-9-12;1-12(2,3)9-8-10-6-4-5-7-11(10)13;1-12(2,3)10-11-8-6-4-5-7-9-11;1-11(2,3)9-10-7-5-4-6-8-10;1-10(2,3)11-8-6-4-5-7-9-11;1-6-8-11(9-7-2)10(3,4)5;1-10(2,3)8-9-6-4-5-7-9;1-6-8-10(7-2)9(3,4)5;1-6-8(2)7-9(3,4)5;1-5-6-7-8(2,3)4/h4-6,8-9H,7,10-11H2,1-3H3;4-7H,8-9H2,1-3H3;11H,4-10H2,1-3H3;10H,4-9H2,1-3H3;4-9H2,1-3H3;6-9H2,1-5H3;9H,4-8H2,1-3H3;6-8H2,1-5H3;8H,6-7H2,1-5H3;5H,1,6-7H2,2-4H3. The molecule has 1 saturated heterocycles. The first-order valence-corrected chi connectivity index (χ1v) is 46.5. The van der Waals surface area contributed by atoms with E-state index in [2.05, 4.69) is 307 Å². The molecule has 0 amide bonds. The van der Waals surface area contributed by atoms with Crippen LogP contribution < -0.4 is 0 Å². The molecule has 0 spiro atoms. The highest BCUT2D eigenvalue weighted by atomic mass is 35.5. The fraction of sp³-hybridized carbons (Fsp3) is 0.865. The Morgan fingerprint density at radius 1 is 0.407 bits per heavy atom. The number of hydrogen-bond acceptors (Lipinski definition) is 3. The van der Waals surface area contributed by atoms with E-state index >= 15 is 0 Å². The third-order valence-corrected chi connectivity index (χ3v) is 21.7. The lowest BCUT2D eigenvalue weighted by Crippen LogP contribution is -2.42. The molecule has 108 heavy (non-hydrogen) atoms. The van der Waals surface area contributed by atoms with Crippen LogP contribution in [-0.4, -0.2) is 70.6 Å². The number of benzene rings is 2. The van der Waals surface area contributed by atoms with Crippen molar-refractivity contribution in [1.82, 2.24) is 14.7 Å². The highest BCUT2D eigenvalue weighted by molar-refractivity contribution is 6.31. The average molecular weight is 1530 g/mol. The maximum Gasteiger partial charge on any atom is 0.0437 e. The van der Waals surface area contributed by atoms with Crippen molar-refractivity contribution < 1.29 is 0 Å². The van der Waals surface area contributed by atoms with Crippen LogP contribution in [0.3, 0.4) is 0 Å². The Kier molecular flexibility index (Phi) is 62.5. The molecule has 0 N–H and O–H groups in total. The van der Waals surface area contributed by atoms with Crippen molar-refractivity contribution in [3.8, 4) is 0 Å². The molecule has 2 aromatic rings. The Balaban J connectivity index is -0.000000558. The summed E-state index contributed by atoms with van der Waals surface area (Å²) in [6, 6.07) is 18.8. The van der Waals surface area contributed by atoms with E-state index in [1.165, 1.54) is 249 Å². The van der Waals surface area contributed by atoms with Gasteiger partial charge in [0.05, 0.1) is 0 Å². The molecule has 0 aromatic heterocycles. The summed E-state index contributed by atoms with van der Waals surface area (Å²) in [5.74, 6) is 4.03. The minimum Gasteiger partial charge on any atom is -0.299 e. The zero-order valence-electron chi connectivity index (χ0n) is 81.3. The molecule has 642 valence electrons. The van der Waals surface area contributed by atoms with Crippen LogP contribution in [0.4, 0.5) is 0 Å². The van der Waals surface area contributed by atoms with Gasteiger partial charge in [-0.1, -0.05) is 369 Å². The Hall–Kier alpha value is -1.65. The van der Waals surface area contributed by atoms with Gasteiger partial charge in [-0.15, -0.1) is 6.58 Å². The molecule has 3 aliphatic carbocycles. The van der Waals surface area contributed by atoms with E-state index < -0.39 is 0 Å². The Labute approximate surface area is 690 Å². The Morgan fingerprint density at radius 3 is 1.03 bits per heavy atom. The molecule has 4 aliphatic rings. The van der Waals surface area contributed by atoms with Crippen LogP contribution in [0, 0.1) is 61.6 Å². The predicted molar refractivity (Wildman–Crippen MR) is 501 cm³/mol. The van der Waals surface area contributed by atoms with Crippen molar-refractivity contribution in [2.24, 2.45) is 61.6 Å². The van der Waals surface area contributed by atoms with E-state index in [-0.39, 0.29) is 0 Å². The molecule has 1 aliphatic heterocycles. The van der Waals surface area contributed by atoms with Crippen molar-refractivity contribution in [2.75, 3.05) is 39.3 Å². The zero-order chi connectivity index (χ0) is 84.1. The Morgan fingerprint density at radius 2 is 0.750 bits per heavy atom. The lowest BCUT2D eigenvalue weighted by atomic mass is 9.78. The number of hydrogen-bond donors (Lipinski definition) is 0. The van der Waals surface area contributed by atoms with Crippen LogP contribution in [0.5, 0.6) is 0 Å². The molecular weight excluding hydrogens is 1330 g/mol. The van der Waals surface area contributed by atoms with Gasteiger partial charge in [0.25, 0.3) is 0 Å². The summed E-state index contributed by atoms with van der Waals surface area (Å²) in [6.45, 7) is 93.9. The van der Waals surface area contributed by atoms with Gasteiger partial charge in [0.15, 0.2) is 0 Å². The maximum atomic E-state index is 6.05. The smallest absolute Gasteiger partial charge is 0.0437 e. The van der Waals surface area contributed by atoms with Crippen LogP contribution in [0.15, 0.2) is 67.3 Å². The molecule has 3 nitrogen and oxygen atoms in total. The van der Waals surface area contributed by atoms with E-state index in [9.17, 15) is 0 Å². The van der Waals surface area contributed by atoms with Crippen LogP contribution in [0.2, 0.25) is 5.02 Å². The summed E-state index contributed by atoms with van der Waals surface area (Å²) < 4.78 is 0. The highest BCUT2D eigenvalue weighted by Crippen LogP contribution is 2.37. The molecule has 1 heterocycles. The zero-order valence-corrected chi connectivity index (χ0v) is 82.0. The molecule has 4 fully saturated rings. The second-order valence-electron chi connectivity index (χ2n) is 45.5. The topological polar surface area (TPSA) is 9.72 Å². The molecule has 3 saturated carbocycles. The van der Waals surface area contributed by atoms with Crippen molar-refractivity contribution in [1.29, 1.82) is 0 Å². The molecule has 1 atom stereocenters. The largest absolute Gasteiger partial charge is 0.299 e. The summed E-state index contributed by atoms with van der Waals surface area (Å²) in [5, 5.41) is 0.895. The second-order valence-corrected chi connectivity index (χ2v) is 45.9. The van der Waals surface area contributed by atoms with Gasteiger partial charge < -0.3 is 0 Å². The van der Waals surface area contributed by atoms with Gasteiger partial charge >= 0.3 is 0 Å².